The number of nitrogens with one attached hydrogen (secondary N) is 1. The van der Waals surface area contributed by atoms with Crippen molar-refractivity contribution in [3.8, 4) is 5.75 Å². The maximum atomic E-state index is 12.9. The van der Waals surface area contributed by atoms with Crippen molar-refractivity contribution in [2.75, 3.05) is 13.2 Å². The van der Waals surface area contributed by atoms with Crippen LogP contribution in [0.25, 0.3) is 0 Å². The van der Waals surface area contributed by atoms with Crippen LogP contribution in [0.2, 0.25) is 0 Å². The molecule has 0 fully saturated rings. The van der Waals surface area contributed by atoms with Gasteiger partial charge in [-0.3, -0.25) is 4.79 Å². The standard InChI is InChI=1S/C30H51NO5/c1-5-6-7-8-12-15-22-35-23-16-13-10-9-11-14-17-28(33)27(31-29(34)36-30(2,3)4)24-25-18-20-26(32)21-19-25/h18-21,27,32H,5-17,22-24H2,1-4H3,(H,31,34). The number of unbranched alkanes of at least 4 members (excludes halogenated alkanes) is 10. The number of amides is 1. The van der Waals surface area contributed by atoms with E-state index in [1.54, 1.807) is 45.0 Å². The van der Waals surface area contributed by atoms with Gasteiger partial charge in [0.2, 0.25) is 0 Å². The molecule has 1 atom stereocenters. The number of aromatic hydroxyl groups is 1. The predicted octanol–water partition coefficient (Wildman–Crippen LogP) is 7.50. The van der Waals surface area contributed by atoms with E-state index >= 15 is 0 Å². The summed E-state index contributed by atoms with van der Waals surface area (Å²) in [6.45, 7) is 9.37. The number of Topliss-reactive ketones (excluding diaryl/α,β-unsaturated/α-hetero) is 1. The highest BCUT2D eigenvalue weighted by Gasteiger charge is 2.24. The van der Waals surface area contributed by atoms with Crippen molar-refractivity contribution in [3.63, 3.8) is 0 Å². The lowest BCUT2D eigenvalue weighted by Gasteiger charge is -2.23. The minimum atomic E-state index is -0.645. The molecule has 0 saturated heterocycles. The van der Waals surface area contributed by atoms with Gasteiger partial charge in [0.1, 0.15) is 11.4 Å². The lowest BCUT2D eigenvalue weighted by molar-refractivity contribution is -0.121. The van der Waals surface area contributed by atoms with Crippen LogP contribution >= 0.6 is 0 Å². The second-order valence-electron chi connectivity index (χ2n) is 10.8. The second-order valence-corrected chi connectivity index (χ2v) is 10.8. The molecule has 6 nitrogen and oxygen atoms in total. The topological polar surface area (TPSA) is 84.9 Å². The number of hydrogen-bond donors (Lipinski definition) is 2. The van der Waals surface area contributed by atoms with Gasteiger partial charge in [-0.2, -0.15) is 0 Å². The first-order valence-electron chi connectivity index (χ1n) is 14.1. The van der Waals surface area contributed by atoms with E-state index in [0.717, 1.165) is 57.3 Å². The van der Waals surface area contributed by atoms with E-state index < -0.39 is 17.7 Å². The van der Waals surface area contributed by atoms with Gasteiger partial charge >= 0.3 is 6.09 Å². The third-order valence-corrected chi connectivity index (χ3v) is 6.06. The summed E-state index contributed by atoms with van der Waals surface area (Å²) < 4.78 is 11.1. The summed E-state index contributed by atoms with van der Waals surface area (Å²) in [6.07, 6.45) is 14.3. The number of rotatable bonds is 20. The van der Waals surface area contributed by atoms with Gasteiger partial charge < -0.3 is 19.9 Å². The number of carbonyl (C=O) groups excluding carboxylic acids is 2. The number of alkyl carbamates (subject to hydrolysis) is 1. The zero-order valence-corrected chi connectivity index (χ0v) is 23.3. The number of ketones is 1. The highest BCUT2D eigenvalue weighted by atomic mass is 16.6. The Kier molecular flexibility index (Phi) is 16.9. The van der Waals surface area contributed by atoms with Crippen LogP contribution < -0.4 is 5.32 Å². The lowest BCUT2D eigenvalue weighted by Crippen LogP contribution is -2.44. The molecule has 1 amide bonds. The van der Waals surface area contributed by atoms with Crippen LogP contribution in [0.1, 0.15) is 117 Å². The van der Waals surface area contributed by atoms with Gasteiger partial charge in [-0.15, -0.1) is 0 Å². The number of phenols is 1. The highest BCUT2D eigenvalue weighted by Crippen LogP contribution is 2.15. The van der Waals surface area contributed by atoms with Crippen molar-refractivity contribution in [2.45, 2.75) is 129 Å². The maximum absolute atomic E-state index is 12.9. The normalized spacial score (nSPS) is 12.3. The summed E-state index contributed by atoms with van der Waals surface area (Å²) in [4.78, 5) is 25.2. The molecule has 0 heterocycles. The SMILES string of the molecule is CCCCCCCCOCCCCCCCCC(=O)C(Cc1ccc(O)cc1)NC(=O)OC(C)(C)C. The number of ether oxygens (including phenoxy) is 2. The van der Waals surface area contributed by atoms with Gasteiger partial charge in [-0.25, -0.2) is 4.79 Å². The zero-order chi connectivity index (χ0) is 26.7. The molecule has 6 heteroatoms. The molecule has 0 saturated carbocycles. The van der Waals surface area contributed by atoms with Crippen LogP contribution in [0.5, 0.6) is 5.75 Å². The summed E-state index contributed by atoms with van der Waals surface area (Å²) >= 11 is 0. The van der Waals surface area contributed by atoms with Gasteiger partial charge in [0, 0.05) is 19.6 Å². The van der Waals surface area contributed by atoms with Crippen molar-refractivity contribution < 1.29 is 24.2 Å². The Morgan fingerprint density at radius 3 is 1.92 bits per heavy atom. The molecule has 206 valence electrons. The summed E-state index contributed by atoms with van der Waals surface area (Å²) in [6, 6.07) is 6.06. The van der Waals surface area contributed by atoms with Crippen molar-refractivity contribution in [1.29, 1.82) is 0 Å². The van der Waals surface area contributed by atoms with Crippen molar-refractivity contribution in [2.24, 2.45) is 0 Å². The summed E-state index contributed by atoms with van der Waals surface area (Å²) in [5.74, 6) is 0.183. The molecule has 1 aromatic rings. The smallest absolute Gasteiger partial charge is 0.408 e. The first-order chi connectivity index (χ1) is 17.2. The minimum absolute atomic E-state index is 0.0111. The van der Waals surface area contributed by atoms with E-state index in [1.807, 2.05) is 0 Å². The van der Waals surface area contributed by atoms with Crippen molar-refractivity contribution in [1.82, 2.24) is 5.32 Å². The molecule has 0 aliphatic heterocycles. The van der Waals surface area contributed by atoms with E-state index in [4.69, 9.17) is 9.47 Å². The monoisotopic (exact) mass is 505 g/mol. The highest BCUT2D eigenvalue weighted by molar-refractivity contribution is 5.87. The zero-order valence-electron chi connectivity index (χ0n) is 23.3. The lowest BCUT2D eigenvalue weighted by atomic mass is 9.98. The van der Waals surface area contributed by atoms with Crippen molar-refractivity contribution in [3.05, 3.63) is 29.8 Å². The first-order valence-corrected chi connectivity index (χ1v) is 14.1. The van der Waals surface area contributed by atoms with Gasteiger partial charge in [-0.1, -0.05) is 76.8 Å². The third kappa shape index (κ3) is 17.4. The summed E-state index contributed by atoms with van der Waals surface area (Å²) in [5, 5.41) is 12.3. The quantitative estimate of drug-likeness (QED) is 0.179. The third-order valence-electron chi connectivity index (χ3n) is 6.06. The molecule has 0 aliphatic rings. The molecule has 0 spiro atoms. The Hall–Kier alpha value is -2.08. The van der Waals surface area contributed by atoms with Gasteiger partial charge in [0.25, 0.3) is 0 Å². The Morgan fingerprint density at radius 1 is 0.833 bits per heavy atom. The molecule has 0 aliphatic carbocycles. The first kappa shape index (κ1) is 31.9. The fourth-order valence-corrected chi connectivity index (χ4v) is 4.03. The van der Waals surface area contributed by atoms with Gasteiger partial charge in [0.05, 0.1) is 6.04 Å². The second kappa shape index (κ2) is 19.1. The fourth-order valence-electron chi connectivity index (χ4n) is 4.03. The van der Waals surface area contributed by atoms with E-state index in [2.05, 4.69) is 12.2 Å². The number of hydrogen-bond acceptors (Lipinski definition) is 5. The molecule has 2 N–H and O–H groups in total. The largest absolute Gasteiger partial charge is 0.508 e. The Labute approximate surface area is 219 Å². The van der Waals surface area contributed by atoms with E-state index in [-0.39, 0.29) is 11.5 Å². The molecule has 0 radical (unpaired) electrons. The molecule has 0 aromatic heterocycles. The Morgan fingerprint density at radius 2 is 1.36 bits per heavy atom. The Bertz CT molecular complexity index is 711. The Balaban J connectivity index is 2.23. The van der Waals surface area contributed by atoms with Crippen LogP contribution in [-0.4, -0.2) is 41.8 Å². The van der Waals surface area contributed by atoms with E-state index in [0.29, 0.717) is 12.8 Å². The number of carbonyl (C=O) groups is 2. The van der Waals surface area contributed by atoms with Crippen LogP contribution in [0.3, 0.4) is 0 Å². The fraction of sp³-hybridized carbons (Fsp3) is 0.733. The van der Waals surface area contributed by atoms with Crippen LogP contribution in [0, 0.1) is 0 Å². The van der Waals surface area contributed by atoms with Gasteiger partial charge in [0.15, 0.2) is 5.78 Å². The molecule has 36 heavy (non-hydrogen) atoms. The summed E-state index contributed by atoms with van der Waals surface area (Å²) in [7, 11) is 0. The molecule has 1 unspecified atom stereocenters. The molecule has 1 rings (SSSR count). The maximum Gasteiger partial charge on any atom is 0.408 e. The molecule has 1 aromatic carbocycles. The van der Waals surface area contributed by atoms with Crippen molar-refractivity contribution >= 4 is 11.9 Å². The summed E-state index contributed by atoms with van der Waals surface area (Å²) in [5.41, 5.74) is 0.246. The molecule has 0 bridgehead atoms. The number of benzene rings is 1. The predicted molar refractivity (Wildman–Crippen MR) is 146 cm³/mol. The van der Waals surface area contributed by atoms with Crippen LogP contribution in [0.15, 0.2) is 24.3 Å². The molecular formula is C30H51NO5. The molecular weight excluding hydrogens is 454 g/mol. The van der Waals surface area contributed by atoms with Crippen LogP contribution in [0.4, 0.5) is 4.79 Å². The number of phenolic OH excluding ortho intramolecular Hbond substituents is 1. The van der Waals surface area contributed by atoms with E-state index in [9.17, 15) is 14.7 Å². The van der Waals surface area contributed by atoms with Gasteiger partial charge in [-0.05, 0) is 64.2 Å². The van der Waals surface area contributed by atoms with E-state index in [1.165, 1.54) is 38.5 Å². The van der Waals surface area contributed by atoms with Crippen LogP contribution in [-0.2, 0) is 20.7 Å². The minimum Gasteiger partial charge on any atom is -0.508 e. The average Bonchev–Trinajstić information content (AvgIpc) is 2.81. The average molecular weight is 506 g/mol.